The second-order valence-electron chi connectivity index (χ2n) is 10.5. The van der Waals surface area contributed by atoms with Crippen molar-refractivity contribution in [3.63, 3.8) is 0 Å². The van der Waals surface area contributed by atoms with E-state index in [9.17, 15) is 4.79 Å². The summed E-state index contributed by atoms with van der Waals surface area (Å²) in [5.74, 6) is -0.353. The molecule has 5 nitrogen and oxygen atoms in total. The third kappa shape index (κ3) is 5.58. The summed E-state index contributed by atoms with van der Waals surface area (Å²) in [6.45, 7) is 8.99. The second kappa shape index (κ2) is 11.1. The molecule has 7 heteroatoms. The van der Waals surface area contributed by atoms with Gasteiger partial charge in [0.15, 0.2) is 0 Å². The molecular weight excluding hydrogens is 412 g/mol. The van der Waals surface area contributed by atoms with Gasteiger partial charge in [-0.15, -0.1) is 0 Å². The average Bonchev–Trinajstić information content (AvgIpc) is 2.76. The Bertz CT molecular complexity index is 506. The van der Waals surface area contributed by atoms with Crippen molar-refractivity contribution in [3.05, 3.63) is 0 Å². The predicted molar refractivity (Wildman–Crippen MR) is 126 cm³/mol. The standard InChI is InChI=1S/C23H46O5Si2/c1-19(18-29(25-5,26-6)27-7)22(24)28-30(23(2,3)4,20-14-10-8-11-15-20)21-16-12-9-13-17-21/h19-21H,8-18H2,1-7H3. The Morgan fingerprint density at radius 2 is 1.23 bits per heavy atom. The molecule has 0 amide bonds. The predicted octanol–water partition coefficient (Wildman–Crippen LogP) is 6.46. The fraction of sp³-hybridized carbons (Fsp3) is 0.957. The Labute approximate surface area is 187 Å². The molecule has 0 aromatic carbocycles. The zero-order valence-corrected chi connectivity index (χ0v) is 22.6. The van der Waals surface area contributed by atoms with E-state index in [1.54, 1.807) is 21.3 Å². The monoisotopic (exact) mass is 458 g/mol. The van der Waals surface area contributed by atoms with Gasteiger partial charge < -0.3 is 17.7 Å². The van der Waals surface area contributed by atoms with Crippen molar-refractivity contribution in [2.75, 3.05) is 21.3 Å². The third-order valence-corrected chi connectivity index (χ3v) is 17.2. The maximum Gasteiger partial charge on any atom is 0.501 e. The van der Waals surface area contributed by atoms with Crippen molar-refractivity contribution >= 4 is 23.1 Å². The fourth-order valence-corrected chi connectivity index (χ4v) is 14.9. The van der Waals surface area contributed by atoms with Crippen LogP contribution in [0.5, 0.6) is 0 Å². The van der Waals surface area contributed by atoms with Crippen molar-refractivity contribution in [1.82, 2.24) is 0 Å². The van der Waals surface area contributed by atoms with Gasteiger partial charge in [-0.3, -0.25) is 4.79 Å². The van der Waals surface area contributed by atoms with Gasteiger partial charge in [0.2, 0.25) is 0 Å². The summed E-state index contributed by atoms with van der Waals surface area (Å²) in [6, 6.07) is 0.458. The number of rotatable bonds is 9. The van der Waals surface area contributed by atoms with Crippen LogP contribution in [0.15, 0.2) is 0 Å². The summed E-state index contributed by atoms with van der Waals surface area (Å²) in [5.41, 5.74) is 1.17. The van der Waals surface area contributed by atoms with Gasteiger partial charge in [0.05, 0.1) is 5.92 Å². The van der Waals surface area contributed by atoms with Gasteiger partial charge >= 0.3 is 8.80 Å². The van der Waals surface area contributed by atoms with Crippen molar-refractivity contribution in [3.8, 4) is 0 Å². The van der Waals surface area contributed by atoms with Crippen molar-refractivity contribution < 1.29 is 22.5 Å². The Morgan fingerprint density at radius 3 is 1.57 bits per heavy atom. The molecule has 176 valence electrons. The highest BCUT2D eigenvalue weighted by atomic mass is 28.4. The quantitative estimate of drug-likeness (QED) is 0.371. The highest BCUT2D eigenvalue weighted by Gasteiger charge is 2.60. The molecule has 0 bridgehead atoms. The first-order chi connectivity index (χ1) is 14.2. The highest BCUT2D eigenvalue weighted by Crippen LogP contribution is 2.59. The molecule has 0 aromatic heterocycles. The zero-order chi connectivity index (χ0) is 22.4. The number of hydrogen-bond donors (Lipinski definition) is 0. The van der Waals surface area contributed by atoms with E-state index in [2.05, 4.69) is 20.8 Å². The molecule has 0 heterocycles. The van der Waals surface area contributed by atoms with Crippen LogP contribution in [-0.4, -0.2) is 44.4 Å². The minimum absolute atomic E-state index is 0.0324. The highest BCUT2D eigenvalue weighted by molar-refractivity contribution is 6.80. The first-order valence-corrected chi connectivity index (χ1v) is 16.0. The number of carbonyl (C=O) groups is 1. The molecule has 0 spiro atoms. The molecule has 0 N–H and O–H groups in total. The lowest BCUT2D eigenvalue weighted by molar-refractivity contribution is -0.139. The van der Waals surface area contributed by atoms with Crippen LogP contribution in [0.25, 0.3) is 0 Å². The topological polar surface area (TPSA) is 54.0 Å². The molecule has 30 heavy (non-hydrogen) atoms. The first-order valence-electron chi connectivity index (χ1n) is 12.0. The van der Waals surface area contributed by atoms with E-state index in [1.807, 2.05) is 6.92 Å². The van der Waals surface area contributed by atoms with Crippen LogP contribution in [0.1, 0.15) is 91.9 Å². The zero-order valence-electron chi connectivity index (χ0n) is 20.6. The van der Waals surface area contributed by atoms with Crippen LogP contribution in [0.2, 0.25) is 22.2 Å². The smallest absolute Gasteiger partial charge is 0.501 e. The normalized spacial score (nSPS) is 21.4. The van der Waals surface area contributed by atoms with E-state index in [0.29, 0.717) is 17.1 Å². The summed E-state index contributed by atoms with van der Waals surface area (Å²) in [4.78, 5) is 13.6. The minimum Gasteiger partial charge on any atom is -0.518 e. The summed E-state index contributed by atoms with van der Waals surface area (Å²) >= 11 is 0. The van der Waals surface area contributed by atoms with E-state index in [1.165, 1.54) is 64.2 Å². The SMILES string of the molecule is CO[Si](CC(C)C(=O)O[Si](C1CCCCC1)(C1CCCCC1)C(C)(C)C)(OC)OC. The Hall–Kier alpha value is -0.216. The van der Waals surface area contributed by atoms with E-state index >= 15 is 0 Å². The molecule has 2 rings (SSSR count). The molecular formula is C23H46O5Si2. The largest absolute Gasteiger partial charge is 0.518 e. The fourth-order valence-electron chi connectivity index (χ4n) is 6.17. The molecule has 0 radical (unpaired) electrons. The van der Waals surface area contributed by atoms with Crippen molar-refractivity contribution in [2.24, 2.45) is 5.92 Å². The summed E-state index contributed by atoms with van der Waals surface area (Å²) < 4.78 is 23.6. The van der Waals surface area contributed by atoms with Gasteiger partial charge in [0.25, 0.3) is 14.3 Å². The van der Waals surface area contributed by atoms with Gasteiger partial charge in [0, 0.05) is 27.4 Å². The van der Waals surface area contributed by atoms with Crippen molar-refractivity contribution in [1.29, 1.82) is 0 Å². The van der Waals surface area contributed by atoms with Crippen LogP contribution < -0.4 is 0 Å². The molecule has 2 fully saturated rings. The lowest BCUT2D eigenvalue weighted by atomic mass is 9.99. The average molecular weight is 459 g/mol. The van der Waals surface area contributed by atoms with Crippen LogP contribution in [0.3, 0.4) is 0 Å². The third-order valence-electron chi connectivity index (χ3n) is 7.76. The van der Waals surface area contributed by atoms with E-state index < -0.39 is 17.1 Å². The molecule has 1 unspecified atom stereocenters. The van der Waals surface area contributed by atoms with Crippen LogP contribution in [0.4, 0.5) is 0 Å². The molecule has 0 aromatic rings. The first kappa shape index (κ1) is 26.0. The Balaban J connectivity index is 2.34. The van der Waals surface area contributed by atoms with Gasteiger partial charge in [-0.05, 0) is 41.8 Å². The molecule has 0 saturated heterocycles. The Morgan fingerprint density at radius 1 is 0.833 bits per heavy atom. The van der Waals surface area contributed by atoms with Gasteiger partial charge in [0.1, 0.15) is 0 Å². The van der Waals surface area contributed by atoms with Gasteiger partial charge in [-0.2, -0.15) is 0 Å². The van der Waals surface area contributed by atoms with Crippen LogP contribution in [0, 0.1) is 5.92 Å². The Kier molecular flexibility index (Phi) is 9.62. The molecule has 1 atom stereocenters. The maximum atomic E-state index is 13.6. The van der Waals surface area contributed by atoms with E-state index in [-0.39, 0.29) is 16.9 Å². The summed E-state index contributed by atoms with van der Waals surface area (Å²) in [6.07, 6.45) is 12.7. The van der Waals surface area contributed by atoms with E-state index in [0.717, 1.165) is 0 Å². The summed E-state index contributed by atoms with van der Waals surface area (Å²) in [7, 11) is -0.393. The minimum atomic E-state index is -2.83. The van der Waals surface area contributed by atoms with Gasteiger partial charge in [-0.1, -0.05) is 66.2 Å². The van der Waals surface area contributed by atoms with Crippen molar-refractivity contribution in [2.45, 2.75) is 114 Å². The second-order valence-corrected chi connectivity index (χ2v) is 18.5. The lowest BCUT2D eigenvalue weighted by Crippen LogP contribution is -2.58. The van der Waals surface area contributed by atoms with E-state index in [4.69, 9.17) is 17.7 Å². The number of hydrogen-bond acceptors (Lipinski definition) is 5. The molecule has 2 aliphatic carbocycles. The van der Waals surface area contributed by atoms with Gasteiger partial charge in [-0.25, -0.2) is 0 Å². The summed E-state index contributed by atoms with van der Waals surface area (Å²) in [5, 5.41) is 0.0324. The molecule has 2 saturated carbocycles. The lowest BCUT2D eigenvalue weighted by Gasteiger charge is -2.53. The van der Waals surface area contributed by atoms with Crippen LogP contribution in [-0.2, 0) is 22.5 Å². The molecule has 2 aliphatic rings. The number of carbonyl (C=O) groups excluding carboxylic acids is 1. The molecule has 0 aliphatic heterocycles. The van der Waals surface area contributed by atoms with Crippen LogP contribution >= 0.6 is 0 Å². The maximum absolute atomic E-state index is 13.6.